The number of hydrogen-bond acceptors (Lipinski definition) is 7. The lowest BCUT2D eigenvalue weighted by atomic mass is 10.1. The number of nitriles is 1. The molecule has 30 heavy (non-hydrogen) atoms. The summed E-state index contributed by atoms with van der Waals surface area (Å²) in [5.74, 6) is 0.289. The van der Waals surface area contributed by atoms with Gasteiger partial charge in [0, 0.05) is 30.8 Å². The van der Waals surface area contributed by atoms with Gasteiger partial charge in [-0.3, -0.25) is 19.6 Å². The molecule has 2 N–H and O–H groups in total. The minimum absolute atomic E-state index is 0.126. The van der Waals surface area contributed by atoms with Crippen molar-refractivity contribution in [1.29, 1.82) is 5.26 Å². The van der Waals surface area contributed by atoms with Crippen molar-refractivity contribution in [1.82, 2.24) is 14.9 Å². The van der Waals surface area contributed by atoms with E-state index in [4.69, 9.17) is 0 Å². The van der Waals surface area contributed by atoms with E-state index >= 15 is 0 Å². The molecule has 0 bridgehead atoms. The molecule has 1 aromatic carbocycles. The highest BCUT2D eigenvalue weighted by Gasteiger charge is 2.32. The average molecular weight is 405 g/mol. The third-order valence-corrected chi connectivity index (χ3v) is 5.45. The van der Waals surface area contributed by atoms with Gasteiger partial charge in [-0.1, -0.05) is 6.07 Å². The Hall–Kier alpha value is -3.31. The smallest absolute Gasteiger partial charge is 0.244 e. The molecule has 0 spiro atoms. The van der Waals surface area contributed by atoms with Crippen LogP contribution in [0.5, 0.6) is 0 Å². The Morgan fingerprint density at radius 1 is 1.30 bits per heavy atom. The summed E-state index contributed by atoms with van der Waals surface area (Å²) in [7, 11) is 0. The molecule has 1 aliphatic heterocycles. The Kier molecular flexibility index (Phi) is 5.46. The van der Waals surface area contributed by atoms with Crippen LogP contribution < -0.4 is 5.32 Å². The summed E-state index contributed by atoms with van der Waals surface area (Å²) in [5, 5.41) is 21.9. The zero-order chi connectivity index (χ0) is 21.3. The molecule has 2 fully saturated rings. The number of ketones is 1. The fourth-order valence-electron chi connectivity index (χ4n) is 3.45. The average Bonchev–Trinajstić information content (AvgIpc) is 3.57. The first-order chi connectivity index (χ1) is 14.4. The van der Waals surface area contributed by atoms with Crippen molar-refractivity contribution in [3.05, 3.63) is 41.9 Å². The predicted molar refractivity (Wildman–Crippen MR) is 109 cm³/mol. The van der Waals surface area contributed by atoms with E-state index in [1.165, 1.54) is 0 Å². The normalized spacial score (nSPS) is 17.0. The van der Waals surface area contributed by atoms with Crippen LogP contribution in [0.1, 0.15) is 31.0 Å². The molecule has 1 saturated heterocycles. The first-order valence-corrected chi connectivity index (χ1v) is 10.1. The number of benzene rings is 1. The van der Waals surface area contributed by atoms with Crippen molar-refractivity contribution in [2.75, 3.05) is 18.4 Å². The highest BCUT2D eigenvalue weighted by molar-refractivity contribution is 5.86. The van der Waals surface area contributed by atoms with Crippen LogP contribution in [0.25, 0.3) is 11.3 Å². The Bertz CT molecular complexity index is 1000. The number of nitrogens with one attached hydrogen (secondary N) is 1. The Morgan fingerprint density at radius 2 is 2.07 bits per heavy atom. The van der Waals surface area contributed by atoms with E-state index in [0.717, 1.165) is 18.4 Å². The van der Waals surface area contributed by atoms with Crippen LogP contribution in [0.3, 0.4) is 0 Å². The number of likely N-dealkylation sites (tertiary alicyclic amines) is 1. The zero-order valence-corrected chi connectivity index (χ0v) is 16.7. The minimum atomic E-state index is -0.540. The summed E-state index contributed by atoms with van der Waals surface area (Å²) in [4.78, 5) is 34.7. The summed E-state index contributed by atoms with van der Waals surface area (Å²) in [6.45, 7) is 2.40. The number of rotatable bonds is 7. The van der Waals surface area contributed by atoms with Crippen molar-refractivity contribution in [2.45, 2.75) is 38.3 Å². The quantitative estimate of drug-likeness (QED) is 0.717. The second-order valence-corrected chi connectivity index (χ2v) is 7.95. The number of nitrogens with zero attached hydrogens (tertiary/aromatic N) is 4. The van der Waals surface area contributed by atoms with Gasteiger partial charge < -0.3 is 15.3 Å². The largest absolute Gasteiger partial charge is 0.389 e. The van der Waals surface area contributed by atoms with Gasteiger partial charge in [0.2, 0.25) is 5.91 Å². The summed E-state index contributed by atoms with van der Waals surface area (Å²) < 4.78 is 0. The summed E-state index contributed by atoms with van der Waals surface area (Å²) >= 11 is 0. The van der Waals surface area contributed by atoms with E-state index in [0.29, 0.717) is 42.1 Å². The maximum Gasteiger partial charge on any atom is 0.244 e. The number of carbonyl (C=O) groups is 2. The number of Topliss-reactive ketones (excluding diaryl/α,β-unsaturated/α-hetero) is 1. The molecule has 8 heteroatoms. The number of hydrogen-bond donors (Lipinski definition) is 2. The Balaban J connectivity index is 1.48. The van der Waals surface area contributed by atoms with Crippen LogP contribution in [0.4, 0.5) is 5.69 Å². The molecule has 1 aliphatic carbocycles. The molecule has 1 amide bonds. The summed E-state index contributed by atoms with van der Waals surface area (Å²) in [6.07, 6.45) is 5.04. The topological polar surface area (TPSA) is 119 Å². The zero-order valence-electron chi connectivity index (χ0n) is 16.7. The Labute approximate surface area is 174 Å². The van der Waals surface area contributed by atoms with E-state index in [9.17, 15) is 20.0 Å². The van der Waals surface area contributed by atoms with E-state index in [1.807, 2.05) is 0 Å². The molecule has 1 aromatic heterocycles. The monoisotopic (exact) mass is 405 g/mol. The maximum atomic E-state index is 12.4. The molecule has 2 aromatic rings. The van der Waals surface area contributed by atoms with Gasteiger partial charge in [0.1, 0.15) is 17.9 Å². The van der Waals surface area contributed by atoms with Crippen LogP contribution >= 0.6 is 0 Å². The van der Waals surface area contributed by atoms with Gasteiger partial charge in [0.15, 0.2) is 0 Å². The van der Waals surface area contributed by atoms with Crippen LogP contribution in [0.2, 0.25) is 0 Å². The molecule has 2 heterocycles. The number of carbonyl (C=O) groups excluding carboxylic acids is 2. The van der Waals surface area contributed by atoms with Crippen LogP contribution in [-0.4, -0.2) is 56.9 Å². The molecule has 0 radical (unpaired) electrons. The lowest BCUT2D eigenvalue weighted by Crippen LogP contribution is -2.57. The van der Waals surface area contributed by atoms with Gasteiger partial charge in [-0.05, 0) is 31.9 Å². The van der Waals surface area contributed by atoms with E-state index < -0.39 is 12.1 Å². The van der Waals surface area contributed by atoms with Gasteiger partial charge in [-0.15, -0.1) is 0 Å². The molecular formula is C22H23N5O3. The van der Waals surface area contributed by atoms with Gasteiger partial charge in [0.25, 0.3) is 0 Å². The second kappa shape index (κ2) is 8.20. The second-order valence-electron chi connectivity index (χ2n) is 7.95. The van der Waals surface area contributed by atoms with Crippen LogP contribution in [0.15, 0.2) is 30.6 Å². The van der Waals surface area contributed by atoms with Gasteiger partial charge >= 0.3 is 0 Å². The molecule has 0 unspecified atom stereocenters. The van der Waals surface area contributed by atoms with Crippen LogP contribution in [-0.2, 0) is 16.0 Å². The predicted octanol–water partition coefficient (Wildman–Crippen LogP) is 1.54. The number of aromatic nitrogens is 2. The Morgan fingerprint density at radius 3 is 2.67 bits per heavy atom. The minimum Gasteiger partial charge on any atom is -0.389 e. The first-order valence-electron chi connectivity index (χ1n) is 10.1. The standard InChI is InChI=1S/C22H23N5O3/c1-13(22(30)27-11-18(28)12-27)26-19-6-15(4-5-16(19)8-23)20-10-24-17(9-25-20)7-21(29)14-2-3-14/h4-6,9-10,13-14,18,26,28H,2-3,7,11-12H2,1H3/t13-/m0/s1. The molecule has 154 valence electrons. The van der Waals surface area contributed by atoms with Crippen molar-refractivity contribution in [3.63, 3.8) is 0 Å². The molecule has 1 atom stereocenters. The van der Waals surface area contributed by atoms with Crippen molar-refractivity contribution in [3.8, 4) is 17.3 Å². The van der Waals surface area contributed by atoms with Gasteiger partial charge in [0.05, 0.1) is 41.4 Å². The molecule has 2 aliphatic rings. The van der Waals surface area contributed by atoms with Gasteiger partial charge in [-0.2, -0.15) is 5.26 Å². The molecular weight excluding hydrogens is 382 g/mol. The van der Waals surface area contributed by atoms with E-state index in [-0.39, 0.29) is 17.6 Å². The fraction of sp³-hybridized carbons (Fsp3) is 0.409. The highest BCUT2D eigenvalue weighted by atomic mass is 16.3. The summed E-state index contributed by atoms with van der Waals surface area (Å²) in [5.41, 5.74) is 2.98. The third kappa shape index (κ3) is 4.31. The van der Waals surface area contributed by atoms with Crippen LogP contribution in [0, 0.1) is 17.2 Å². The van der Waals surface area contributed by atoms with E-state index in [2.05, 4.69) is 21.4 Å². The van der Waals surface area contributed by atoms with Crippen molar-refractivity contribution < 1.29 is 14.7 Å². The van der Waals surface area contributed by atoms with Gasteiger partial charge in [-0.25, -0.2) is 0 Å². The van der Waals surface area contributed by atoms with E-state index in [1.54, 1.807) is 42.4 Å². The lowest BCUT2D eigenvalue weighted by Gasteiger charge is -2.37. The maximum absolute atomic E-state index is 12.4. The van der Waals surface area contributed by atoms with Crippen molar-refractivity contribution in [2.24, 2.45) is 5.92 Å². The molecule has 4 rings (SSSR count). The molecule has 8 nitrogen and oxygen atoms in total. The summed E-state index contributed by atoms with van der Waals surface area (Å²) in [6, 6.07) is 6.81. The SMILES string of the molecule is C[C@H](Nc1cc(-c2cnc(CC(=O)C3CC3)cn2)ccc1C#N)C(=O)N1CC(O)C1. The number of aliphatic hydroxyl groups excluding tert-OH is 1. The fourth-order valence-corrected chi connectivity index (χ4v) is 3.45. The highest BCUT2D eigenvalue weighted by Crippen LogP contribution is 2.31. The number of β-amino-alcohol motifs (C(OH)–C–C–N with tert-alkyl or cyclic N) is 1. The van der Waals surface area contributed by atoms with Crippen molar-refractivity contribution >= 4 is 17.4 Å². The first kappa shape index (κ1) is 20.0. The number of amides is 1. The molecule has 1 saturated carbocycles. The third-order valence-electron chi connectivity index (χ3n) is 5.45. The number of aliphatic hydroxyl groups is 1. The lowest BCUT2D eigenvalue weighted by molar-refractivity contribution is -0.141. The number of anilines is 1.